The highest BCUT2D eigenvalue weighted by Crippen LogP contribution is 2.26. The molecule has 2 aromatic carbocycles. The number of carbonyl (C=O) groups excluding carboxylic acids is 1. The molecule has 3 heteroatoms. The number of ketones is 1. The topological polar surface area (TPSA) is 29.5 Å². The lowest BCUT2D eigenvalue weighted by atomic mass is 9.90. The van der Waals surface area contributed by atoms with Crippen LogP contribution in [0.2, 0.25) is 0 Å². The van der Waals surface area contributed by atoms with Gasteiger partial charge in [0, 0.05) is 12.1 Å². The van der Waals surface area contributed by atoms with Gasteiger partial charge in [-0.1, -0.05) is 42.5 Å². The van der Waals surface area contributed by atoms with E-state index in [4.69, 9.17) is 4.74 Å². The lowest BCUT2D eigenvalue weighted by Gasteiger charge is -2.23. The molecule has 0 spiro atoms. The molecule has 0 saturated carbocycles. The Morgan fingerprint density at radius 2 is 1.70 bits per heavy atom. The van der Waals surface area contributed by atoms with Crippen LogP contribution >= 0.6 is 0 Å². The van der Waals surface area contributed by atoms with E-state index in [1.807, 2.05) is 54.6 Å². The average molecular weight is 309 g/mol. The van der Waals surface area contributed by atoms with Gasteiger partial charge in [0.1, 0.15) is 5.75 Å². The second-order valence-electron chi connectivity index (χ2n) is 6.06. The molecule has 1 atom stereocenters. The first-order valence-corrected chi connectivity index (χ1v) is 8.23. The summed E-state index contributed by atoms with van der Waals surface area (Å²) in [6.07, 6.45) is 2.46. The SMILES string of the molecule is COc1ccc(C(CN2CCCC2)C(=O)c2ccccc2)cc1. The van der Waals surface area contributed by atoms with Crippen molar-refractivity contribution in [2.45, 2.75) is 18.8 Å². The number of carbonyl (C=O) groups is 1. The van der Waals surface area contributed by atoms with Crippen molar-refractivity contribution in [2.75, 3.05) is 26.7 Å². The number of benzene rings is 2. The van der Waals surface area contributed by atoms with E-state index in [0.717, 1.165) is 36.5 Å². The summed E-state index contributed by atoms with van der Waals surface area (Å²) in [5.41, 5.74) is 1.85. The molecule has 1 unspecified atom stereocenters. The average Bonchev–Trinajstić information content (AvgIpc) is 3.13. The summed E-state index contributed by atoms with van der Waals surface area (Å²) in [6.45, 7) is 2.98. The summed E-state index contributed by atoms with van der Waals surface area (Å²) in [5, 5.41) is 0. The van der Waals surface area contributed by atoms with Crippen molar-refractivity contribution in [3.8, 4) is 5.75 Å². The molecule has 3 nitrogen and oxygen atoms in total. The van der Waals surface area contributed by atoms with Crippen LogP contribution in [-0.4, -0.2) is 37.4 Å². The maximum absolute atomic E-state index is 13.0. The fourth-order valence-corrected chi connectivity index (χ4v) is 3.20. The van der Waals surface area contributed by atoms with Crippen LogP contribution in [0.15, 0.2) is 54.6 Å². The zero-order chi connectivity index (χ0) is 16.1. The van der Waals surface area contributed by atoms with Crippen LogP contribution in [0.1, 0.15) is 34.7 Å². The Kier molecular flexibility index (Phi) is 5.09. The summed E-state index contributed by atoms with van der Waals surface area (Å²) in [6, 6.07) is 17.5. The minimum Gasteiger partial charge on any atom is -0.497 e. The van der Waals surface area contributed by atoms with Crippen molar-refractivity contribution < 1.29 is 9.53 Å². The van der Waals surface area contributed by atoms with E-state index in [9.17, 15) is 4.79 Å². The van der Waals surface area contributed by atoms with Crippen LogP contribution in [0.3, 0.4) is 0 Å². The predicted octanol–water partition coefficient (Wildman–Crippen LogP) is 3.76. The molecular weight excluding hydrogens is 286 g/mol. The van der Waals surface area contributed by atoms with Gasteiger partial charge in [0.05, 0.1) is 13.0 Å². The lowest BCUT2D eigenvalue weighted by Crippen LogP contribution is -2.30. The number of rotatable bonds is 6. The van der Waals surface area contributed by atoms with Gasteiger partial charge in [0.25, 0.3) is 0 Å². The fourth-order valence-electron chi connectivity index (χ4n) is 3.20. The number of methoxy groups -OCH3 is 1. The minimum atomic E-state index is -0.124. The van der Waals surface area contributed by atoms with Gasteiger partial charge in [-0.2, -0.15) is 0 Å². The van der Waals surface area contributed by atoms with Gasteiger partial charge in [-0.3, -0.25) is 4.79 Å². The van der Waals surface area contributed by atoms with E-state index in [1.165, 1.54) is 12.8 Å². The number of nitrogens with zero attached hydrogens (tertiary/aromatic N) is 1. The Hall–Kier alpha value is -2.13. The predicted molar refractivity (Wildman–Crippen MR) is 92.2 cm³/mol. The second kappa shape index (κ2) is 7.42. The quantitative estimate of drug-likeness (QED) is 0.761. The third-order valence-electron chi connectivity index (χ3n) is 4.53. The monoisotopic (exact) mass is 309 g/mol. The van der Waals surface area contributed by atoms with Crippen molar-refractivity contribution in [3.05, 3.63) is 65.7 Å². The molecule has 0 N–H and O–H groups in total. The van der Waals surface area contributed by atoms with Gasteiger partial charge >= 0.3 is 0 Å². The molecule has 2 aromatic rings. The number of hydrogen-bond donors (Lipinski definition) is 0. The first kappa shape index (κ1) is 15.8. The Morgan fingerprint density at radius 1 is 1.04 bits per heavy atom. The molecule has 0 aromatic heterocycles. The van der Waals surface area contributed by atoms with Crippen LogP contribution in [-0.2, 0) is 0 Å². The maximum atomic E-state index is 13.0. The summed E-state index contributed by atoms with van der Waals surface area (Å²) >= 11 is 0. The highest BCUT2D eigenvalue weighted by atomic mass is 16.5. The molecular formula is C20H23NO2. The van der Waals surface area contributed by atoms with Crippen LogP contribution in [0.25, 0.3) is 0 Å². The molecule has 1 aliphatic rings. The molecule has 1 heterocycles. The zero-order valence-electron chi connectivity index (χ0n) is 13.6. The summed E-state index contributed by atoms with van der Waals surface area (Å²) in [5.74, 6) is 0.893. The Morgan fingerprint density at radius 3 is 2.30 bits per heavy atom. The van der Waals surface area contributed by atoms with Gasteiger partial charge in [0.15, 0.2) is 5.78 Å². The van der Waals surface area contributed by atoms with Gasteiger partial charge in [-0.15, -0.1) is 0 Å². The Balaban J connectivity index is 1.87. The number of hydrogen-bond acceptors (Lipinski definition) is 3. The standard InChI is InChI=1S/C20H23NO2/c1-23-18-11-9-16(10-12-18)19(15-21-13-5-6-14-21)20(22)17-7-3-2-4-8-17/h2-4,7-12,19H,5-6,13-15H2,1H3. The Bertz CT molecular complexity index is 630. The van der Waals surface area contributed by atoms with Gasteiger partial charge in [-0.05, 0) is 43.6 Å². The van der Waals surface area contributed by atoms with E-state index < -0.39 is 0 Å². The van der Waals surface area contributed by atoms with Crippen LogP contribution in [0, 0.1) is 0 Å². The molecule has 120 valence electrons. The molecule has 0 aliphatic carbocycles. The molecule has 0 radical (unpaired) electrons. The van der Waals surface area contributed by atoms with E-state index in [2.05, 4.69) is 4.90 Å². The first-order chi connectivity index (χ1) is 11.3. The van der Waals surface area contributed by atoms with Crippen molar-refractivity contribution in [2.24, 2.45) is 0 Å². The van der Waals surface area contributed by atoms with E-state index in [1.54, 1.807) is 7.11 Å². The third kappa shape index (κ3) is 3.80. The first-order valence-electron chi connectivity index (χ1n) is 8.23. The zero-order valence-corrected chi connectivity index (χ0v) is 13.6. The van der Waals surface area contributed by atoms with Crippen molar-refractivity contribution >= 4 is 5.78 Å². The van der Waals surface area contributed by atoms with Gasteiger partial charge < -0.3 is 9.64 Å². The Labute approximate surface area is 137 Å². The molecule has 1 aliphatic heterocycles. The minimum absolute atomic E-state index is 0.124. The van der Waals surface area contributed by atoms with E-state index in [-0.39, 0.29) is 11.7 Å². The summed E-state index contributed by atoms with van der Waals surface area (Å²) < 4.78 is 5.23. The third-order valence-corrected chi connectivity index (χ3v) is 4.53. The number of likely N-dealkylation sites (tertiary alicyclic amines) is 1. The fraction of sp³-hybridized carbons (Fsp3) is 0.350. The van der Waals surface area contributed by atoms with Crippen LogP contribution < -0.4 is 4.74 Å². The van der Waals surface area contributed by atoms with Crippen LogP contribution in [0.4, 0.5) is 0 Å². The largest absolute Gasteiger partial charge is 0.497 e. The summed E-state index contributed by atoms with van der Waals surface area (Å²) in [4.78, 5) is 15.4. The molecule has 0 amide bonds. The molecule has 3 rings (SSSR count). The highest BCUT2D eigenvalue weighted by molar-refractivity contribution is 6.01. The molecule has 1 fully saturated rings. The molecule has 23 heavy (non-hydrogen) atoms. The second-order valence-corrected chi connectivity index (χ2v) is 6.06. The van der Waals surface area contributed by atoms with Crippen LogP contribution in [0.5, 0.6) is 5.75 Å². The molecule has 0 bridgehead atoms. The molecule has 1 saturated heterocycles. The van der Waals surface area contributed by atoms with Crippen molar-refractivity contribution in [1.29, 1.82) is 0 Å². The maximum Gasteiger partial charge on any atom is 0.171 e. The van der Waals surface area contributed by atoms with Crippen molar-refractivity contribution in [3.63, 3.8) is 0 Å². The lowest BCUT2D eigenvalue weighted by molar-refractivity contribution is 0.0939. The van der Waals surface area contributed by atoms with Gasteiger partial charge in [0.2, 0.25) is 0 Å². The highest BCUT2D eigenvalue weighted by Gasteiger charge is 2.26. The number of Topliss-reactive ketones (excluding diaryl/α,β-unsaturated/α-hetero) is 1. The summed E-state index contributed by atoms with van der Waals surface area (Å²) in [7, 11) is 1.66. The van der Waals surface area contributed by atoms with E-state index in [0.29, 0.717) is 0 Å². The van der Waals surface area contributed by atoms with Gasteiger partial charge in [-0.25, -0.2) is 0 Å². The van der Waals surface area contributed by atoms with E-state index >= 15 is 0 Å². The number of ether oxygens (including phenoxy) is 1. The van der Waals surface area contributed by atoms with Crippen molar-refractivity contribution in [1.82, 2.24) is 4.90 Å². The normalized spacial score (nSPS) is 16.2. The smallest absolute Gasteiger partial charge is 0.171 e.